The maximum Gasteiger partial charge on any atom is 0.196 e. The first-order valence-corrected chi connectivity index (χ1v) is 7.82. The highest BCUT2D eigenvalue weighted by molar-refractivity contribution is 7.99. The number of anilines is 1. The lowest BCUT2D eigenvalue weighted by atomic mass is 10.3. The second kappa shape index (κ2) is 4.69. The minimum Gasteiger partial charge on any atom is -0.395 e. The van der Waals surface area contributed by atoms with Crippen molar-refractivity contribution in [1.29, 1.82) is 0 Å². The molecule has 4 nitrogen and oxygen atoms in total. The van der Waals surface area contributed by atoms with Gasteiger partial charge in [-0.1, -0.05) is 0 Å². The van der Waals surface area contributed by atoms with Crippen LogP contribution < -0.4 is 5.73 Å². The van der Waals surface area contributed by atoms with Crippen LogP contribution >= 0.6 is 11.8 Å². The van der Waals surface area contributed by atoms with E-state index in [1.165, 1.54) is 17.8 Å². The number of nitrogen functional groups attached to an aromatic ring is 1. The van der Waals surface area contributed by atoms with Crippen LogP contribution in [-0.4, -0.2) is 14.8 Å². The molecule has 2 aromatic rings. The van der Waals surface area contributed by atoms with Gasteiger partial charge in [0.1, 0.15) is 17.5 Å². The summed E-state index contributed by atoms with van der Waals surface area (Å²) in [6, 6.07) is 2.46. The van der Waals surface area contributed by atoms with Crippen LogP contribution in [0.25, 0.3) is 0 Å². The normalized spacial score (nSPS) is 18.2. The Morgan fingerprint density at radius 2 is 1.90 bits per heavy atom. The van der Waals surface area contributed by atoms with Crippen LogP contribution in [0.1, 0.15) is 43.5 Å². The van der Waals surface area contributed by atoms with E-state index in [1.54, 1.807) is 0 Å². The van der Waals surface area contributed by atoms with Gasteiger partial charge >= 0.3 is 0 Å². The van der Waals surface area contributed by atoms with Gasteiger partial charge in [-0.15, -0.1) is 10.2 Å². The van der Waals surface area contributed by atoms with Gasteiger partial charge in [0.15, 0.2) is 5.16 Å². The van der Waals surface area contributed by atoms with Crippen molar-refractivity contribution in [3.63, 3.8) is 0 Å². The summed E-state index contributed by atoms with van der Waals surface area (Å²) in [5, 5.41) is 9.16. The summed E-state index contributed by atoms with van der Waals surface area (Å²) < 4.78 is 29.0. The maximum atomic E-state index is 13.5. The molecule has 2 aliphatic rings. The molecule has 4 rings (SSSR count). The largest absolute Gasteiger partial charge is 0.395 e. The second-order valence-electron chi connectivity index (χ2n) is 5.62. The van der Waals surface area contributed by atoms with E-state index in [0.29, 0.717) is 22.0 Å². The van der Waals surface area contributed by atoms with Crippen molar-refractivity contribution in [3.8, 4) is 0 Å². The van der Waals surface area contributed by atoms with Gasteiger partial charge in [0.25, 0.3) is 0 Å². The third kappa shape index (κ3) is 2.39. The van der Waals surface area contributed by atoms with Crippen molar-refractivity contribution in [1.82, 2.24) is 14.8 Å². The standard InChI is InChI=1S/C14H14F2N4S/c15-8-5-10(16)12(17)11(6-8)21-14-19-18-13(7-1-2-7)20(14)9-3-4-9/h5-7,9H,1-4,17H2. The average molecular weight is 308 g/mol. The van der Waals surface area contributed by atoms with Crippen LogP contribution in [0.5, 0.6) is 0 Å². The molecule has 0 aliphatic heterocycles. The fraction of sp³-hybridized carbons (Fsp3) is 0.429. The minimum absolute atomic E-state index is 0.0419. The van der Waals surface area contributed by atoms with E-state index in [4.69, 9.17) is 5.73 Å². The van der Waals surface area contributed by atoms with Crippen LogP contribution in [0.4, 0.5) is 14.5 Å². The SMILES string of the molecule is Nc1c(F)cc(F)cc1Sc1nnc(C2CC2)n1C1CC1. The summed E-state index contributed by atoms with van der Waals surface area (Å²) in [6.45, 7) is 0. The van der Waals surface area contributed by atoms with Crippen LogP contribution in [0.15, 0.2) is 22.2 Å². The summed E-state index contributed by atoms with van der Waals surface area (Å²) in [5.74, 6) is 0.131. The van der Waals surface area contributed by atoms with Crippen molar-refractivity contribution in [2.24, 2.45) is 0 Å². The molecule has 0 amide bonds. The second-order valence-corrected chi connectivity index (χ2v) is 6.63. The topological polar surface area (TPSA) is 56.7 Å². The Balaban J connectivity index is 1.71. The van der Waals surface area contributed by atoms with Crippen LogP contribution in [0, 0.1) is 11.6 Å². The number of hydrogen-bond donors (Lipinski definition) is 1. The van der Waals surface area contributed by atoms with Crippen molar-refractivity contribution >= 4 is 17.4 Å². The molecule has 0 radical (unpaired) electrons. The van der Waals surface area contributed by atoms with Crippen molar-refractivity contribution in [3.05, 3.63) is 29.6 Å². The highest BCUT2D eigenvalue weighted by Gasteiger charge is 2.36. The zero-order valence-electron chi connectivity index (χ0n) is 11.2. The average Bonchev–Trinajstić information content (AvgIpc) is 3.35. The van der Waals surface area contributed by atoms with E-state index in [1.807, 2.05) is 0 Å². The highest BCUT2D eigenvalue weighted by atomic mass is 32.2. The van der Waals surface area contributed by atoms with Crippen molar-refractivity contribution in [2.75, 3.05) is 5.73 Å². The zero-order chi connectivity index (χ0) is 14.6. The van der Waals surface area contributed by atoms with Gasteiger partial charge in [0.2, 0.25) is 0 Å². The Labute approximate surface area is 124 Å². The first kappa shape index (κ1) is 13.1. The molecule has 7 heteroatoms. The number of nitrogens with zero attached hydrogens (tertiary/aromatic N) is 3. The van der Waals surface area contributed by atoms with Gasteiger partial charge in [0, 0.05) is 22.9 Å². The molecule has 0 unspecified atom stereocenters. The summed E-state index contributed by atoms with van der Waals surface area (Å²) in [7, 11) is 0. The zero-order valence-corrected chi connectivity index (χ0v) is 12.0. The quantitative estimate of drug-likeness (QED) is 0.878. The first-order chi connectivity index (χ1) is 10.1. The molecule has 110 valence electrons. The third-order valence-electron chi connectivity index (χ3n) is 3.80. The predicted molar refractivity (Wildman–Crippen MR) is 75.2 cm³/mol. The molecule has 2 fully saturated rings. The molecule has 0 spiro atoms. The number of benzene rings is 1. The van der Waals surface area contributed by atoms with Crippen molar-refractivity contribution in [2.45, 2.75) is 47.7 Å². The predicted octanol–water partition coefficient (Wildman–Crippen LogP) is 3.50. The fourth-order valence-corrected chi connectivity index (χ4v) is 3.40. The molecule has 1 aromatic carbocycles. The molecule has 2 aliphatic carbocycles. The summed E-state index contributed by atoms with van der Waals surface area (Å²) in [4.78, 5) is 0.351. The number of halogens is 2. The molecule has 0 atom stereocenters. The fourth-order valence-electron chi connectivity index (χ4n) is 2.40. The lowest BCUT2D eigenvalue weighted by Crippen LogP contribution is -2.02. The Morgan fingerprint density at radius 3 is 2.57 bits per heavy atom. The Bertz CT molecular complexity index is 707. The maximum absolute atomic E-state index is 13.5. The van der Waals surface area contributed by atoms with Crippen LogP contribution in [0.2, 0.25) is 0 Å². The molecule has 21 heavy (non-hydrogen) atoms. The summed E-state index contributed by atoms with van der Waals surface area (Å²) in [6.07, 6.45) is 4.51. The highest BCUT2D eigenvalue weighted by Crippen LogP contribution is 2.47. The van der Waals surface area contributed by atoms with Gasteiger partial charge in [-0.3, -0.25) is 0 Å². The first-order valence-electron chi connectivity index (χ1n) is 7.00. The van der Waals surface area contributed by atoms with E-state index in [9.17, 15) is 8.78 Å². The molecule has 2 N–H and O–H groups in total. The van der Waals surface area contributed by atoms with Crippen molar-refractivity contribution < 1.29 is 8.78 Å². The third-order valence-corrected chi connectivity index (χ3v) is 4.82. The van der Waals surface area contributed by atoms with Gasteiger partial charge in [-0.2, -0.15) is 0 Å². The smallest absolute Gasteiger partial charge is 0.196 e. The molecule has 0 saturated heterocycles. The lowest BCUT2D eigenvalue weighted by Gasteiger charge is -2.09. The van der Waals surface area contributed by atoms with E-state index in [0.717, 1.165) is 37.6 Å². The van der Waals surface area contributed by atoms with Crippen LogP contribution in [0.3, 0.4) is 0 Å². The number of aromatic nitrogens is 3. The molecule has 1 heterocycles. The monoisotopic (exact) mass is 308 g/mol. The summed E-state index contributed by atoms with van der Waals surface area (Å²) in [5.41, 5.74) is 5.66. The van der Waals surface area contributed by atoms with E-state index >= 15 is 0 Å². The molecule has 0 bridgehead atoms. The van der Waals surface area contributed by atoms with Gasteiger partial charge < -0.3 is 10.3 Å². The Hall–Kier alpha value is -1.63. The van der Waals surface area contributed by atoms with E-state index < -0.39 is 11.6 Å². The molecular formula is C14H14F2N4S. The Kier molecular flexibility index (Phi) is 2.92. The van der Waals surface area contributed by atoms with Crippen LogP contribution in [-0.2, 0) is 0 Å². The Morgan fingerprint density at radius 1 is 1.14 bits per heavy atom. The molecule has 2 saturated carbocycles. The minimum atomic E-state index is -0.739. The number of hydrogen-bond acceptors (Lipinski definition) is 4. The molecular weight excluding hydrogens is 294 g/mol. The summed E-state index contributed by atoms with van der Waals surface area (Å²) >= 11 is 1.19. The van der Waals surface area contributed by atoms with E-state index in [2.05, 4.69) is 14.8 Å². The van der Waals surface area contributed by atoms with Gasteiger partial charge in [-0.05, 0) is 43.5 Å². The number of rotatable bonds is 4. The number of nitrogens with two attached hydrogens (primary N) is 1. The van der Waals surface area contributed by atoms with Gasteiger partial charge in [-0.25, -0.2) is 8.78 Å². The van der Waals surface area contributed by atoms with E-state index in [-0.39, 0.29) is 5.69 Å². The van der Waals surface area contributed by atoms with Gasteiger partial charge in [0.05, 0.1) is 5.69 Å². The molecule has 1 aromatic heterocycles. The lowest BCUT2D eigenvalue weighted by molar-refractivity contribution is 0.580.